The van der Waals surface area contributed by atoms with E-state index < -0.39 is 34.6 Å². The molecule has 1 spiro atoms. The Balaban J connectivity index is 1.75. The Hall–Kier alpha value is -3.62. The lowest BCUT2D eigenvalue weighted by Gasteiger charge is -2.47. The minimum Gasteiger partial charge on any atom is -0.492 e. The van der Waals surface area contributed by atoms with E-state index in [0.717, 1.165) is 0 Å². The van der Waals surface area contributed by atoms with Crippen LogP contribution in [0.5, 0.6) is 5.75 Å². The quantitative estimate of drug-likeness (QED) is 0.327. The molecule has 1 fully saturated rings. The molecule has 1 saturated heterocycles. The molecule has 2 heterocycles. The molecule has 2 aliphatic rings. The normalized spacial score (nSPS) is 21.7. The van der Waals surface area contributed by atoms with Crippen LogP contribution < -0.4 is 15.4 Å². The highest BCUT2D eigenvalue weighted by atomic mass is 35.5. The first-order chi connectivity index (χ1) is 19.4. The zero-order chi connectivity index (χ0) is 29.7. The van der Waals surface area contributed by atoms with Gasteiger partial charge in [0.05, 0.1) is 18.6 Å². The van der Waals surface area contributed by atoms with Gasteiger partial charge >= 0.3 is 5.97 Å². The second kappa shape index (κ2) is 10.7. The number of hydrogen-bond donors (Lipinski definition) is 2. The minimum atomic E-state index is -1.42. The van der Waals surface area contributed by atoms with Crippen molar-refractivity contribution in [2.24, 2.45) is 5.41 Å². The maximum Gasteiger partial charge on any atom is 0.314 e. The summed E-state index contributed by atoms with van der Waals surface area (Å²) in [6.07, 6.45) is -0.0859. The van der Waals surface area contributed by atoms with Gasteiger partial charge < -0.3 is 20.1 Å². The molecule has 2 aliphatic heterocycles. The third kappa shape index (κ3) is 4.93. The molecule has 10 heteroatoms. The Labute approximate surface area is 247 Å². The van der Waals surface area contributed by atoms with Gasteiger partial charge in [-0.15, -0.1) is 0 Å². The molecule has 0 aromatic heterocycles. The van der Waals surface area contributed by atoms with Gasteiger partial charge in [0.1, 0.15) is 23.6 Å². The molecule has 7 nitrogen and oxygen atoms in total. The van der Waals surface area contributed by atoms with Crippen LogP contribution in [-0.4, -0.2) is 31.5 Å². The number of ether oxygens (including phenoxy) is 2. The summed E-state index contributed by atoms with van der Waals surface area (Å²) in [6, 6.07) is 13.4. The van der Waals surface area contributed by atoms with Gasteiger partial charge in [-0.25, -0.2) is 4.39 Å². The SMILES string of the molecule is COC(=O)C(C)(C)COc1ccc(Cl)cc1C1CC(=O)NC(c2cc(F)ccc2C)[C@]12C(=O)Nc1cc(Cl)ccc12. The summed E-state index contributed by atoms with van der Waals surface area (Å²) in [5.41, 5.74) is 0.373. The molecule has 0 bridgehead atoms. The summed E-state index contributed by atoms with van der Waals surface area (Å²) >= 11 is 12.8. The van der Waals surface area contributed by atoms with Crippen LogP contribution >= 0.6 is 23.2 Å². The van der Waals surface area contributed by atoms with E-state index in [2.05, 4.69) is 10.6 Å². The number of carbonyl (C=O) groups is 3. The maximum absolute atomic E-state index is 14.7. The lowest BCUT2D eigenvalue weighted by molar-refractivity contribution is -0.152. The van der Waals surface area contributed by atoms with Crippen LogP contribution in [0, 0.1) is 18.2 Å². The van der Waals surface area contributed by atoms with E-state index in [0.29, 0.717) is 43.7 Å². The average Bonchev–Trinajstić information content (AvgIpc) is 3.20. The first kappa shape index (κ1) is 28.9. The monoisotopic (exact) mass is 598 g/mol. The third-order valence-corrected chi connectivity index (χ3v) is 8.45. The molecule has 3 aromatic rings. The van der Waals surface area contributed by atoms with Crippen LogP contribution in [-0.2, 0) is 24.5 Å². The van der Waals surface area contributed by atoms with Gasteiger partial charge in [0.25, 0.3) is 0 Å². The first-order valence-corrected chi connectivity index (χ1v) is 13.8. The van der Waals surface area contributed by atoms with E-state index in [-0.39, 0.29) is 24.8 Å². The number of piperidine rings is 1. The highest BCUT2D eigenvalue weighted by molar-refractivity contribution is 6.31. The second-order valence-corrected chi connectivity index (χ2v) is 12.0. The fourth-order valence-corrected chi connectivity index (χ4v) is 6.31. The van der Waals surface area contributed by atoms with Gasteiger partial charge in [-0.3, -0.25) is 14.4 Å². The highest BCUT2D eigenvalue weighted by Gasteiger charge is 2.62. The largest absolute Gasteiger partial charge is 0.492 e. The second-order valence-electron chi connectivity index (χ2n) is 11.1. The van der Waals surface area contributed by atoms with Crippen molar-refractivity contribution in [2.45, 2.75) is 44.6 Å². The third-order valence-electron chi connectivity index (χ3n) is 7.98. The Bertz CT molecular complexity index is 1580. The van der Waals surface area contributed by atoms with Gasteiger partial charge in [-0.2, -0.15) is 0 Å². The predicted octanol–water partition coefficient (Wildman–Crippen LogP) is 6.25. The number of benzene rings is 3. The van der Waals surface area contributed by atoms with E-state index in [1.807, 2.05) is 0 Å². The summed E-state index contributed by atoms with van der Waals surface area (Å²) < 4.78 is 25.8. The lowest BCUT2D eigenvalue weighted by Crippen LogP contribution is -2.57. The van der Waals surface area contributed by atoms with E-state index in [9.17, 15) is 18.8 Å². The Kier molecular flexibility index (Phi) is 7.51. The molecule has 0 saturated carbocycles. The average molecular weight is 599 g/mol. The molecule has 2 N–H and O–H groups in total. The molecule has 5 rings (SSSR count). The Morgan fingerprint density at radius 2 is 1.76 bits per heavy atom. The number of methoxy groups -OCH3 is 1. The van der Waals surface area contributed by atoms with Gasteiger partial charge in [0.2, 0.25) is 11.8 Å². The highest BCUT2D eigenvalue weighted by Crippen LogP contribution is 2.59. The van der Waals surface area contributed by atoms with Crippen LogP contribution in [0.2, 0.25) is 10.0 Å². The maximum atomic E-state index is 14.7. The molecule has 0 radical (unpaired) electrons. The smallest absolute Gasteiger partial charge is 0.314 e. The zero-order valence-electron chi connectivity index (χ0n) is 22.9. The number of anilines is 1. The van der Waals surface area contributed by atoms with Crippen LogP contribution in [0.1, 0.15) is 54.5 Å². The molecule has 214 valence electrons. The molecular weight excluding hydrogens is 570 g/mol. The van der Waals surface area contributed by atoms with Crippen molar-refractivity contribution in [3.05, 3.63) is 92.7 Å². The zero-order valence-corrected chi connectivity index (χ0v) is 24.5. The van der Waals surface area contributed by atoms with Crippen LogP contribution in [0.4, 0.5) is 10.1 Å². The van der Waals surface area contributed by atoms with E-state index >= 15 is 0 Å². The van der Waals surface area contributed by atoms with Crippen molar-refractivity contribution in [1.82, 2.24) is 5.32 Å². The number of amides is 2. The standard InChI is InChI=1S/C31H29Cl2FN2O5/c1-16-5-8-19(34)13-20(16)27-31(22-9-6-18(33)12-24(22)35-28(31)38)23(14-26(37)36-27)21-11-17(32)7-10-25(21)41-15-30(2,3)29(39)40-4/h5-13,23,27H,14-15H2,1-4H3,(H,35,38)(H,36,37)/t23?,27?,31-/m1/s1. The Morgan fingerprint density at radius 3 is 2.49 bits per heavy atom. The topological polar surface area (TPSA) is 93.7 Å². The van der Waals surface area contributed by atoms with Gasteiger partial charge in [-0.05, 0) is 79.9 Å². The number of fused-ring (bicyclic) bond motifs is 2. The number of halogens is 3. The number of carbonyl (C=O) groups excluding carboxylic acids is 3. The number of hydrogen-bond acceptors (Lipinski definition) is 5. The molecule has 3 aromatic carbocycles. The van der Waals surface area contributed by atoms with Crippen molar-refractivity contribution < 1.29 is 28.2 Å². The fourth-order valence-electron chi connectivity index (χ4n) is 5.96. The summed E-state index contributed by atoms with van der Waals surface area (Å²) in [4.78, 5) is 40.0. The van der Waals surface area contributed by atoms with Crippen molar-refractivity contribution in [1.29, 1.82) is 0 Å². The molecule has 2 unspecified atom stereocenters. The predicted molar refractivity (Wildman–Crippen MR) is 154 cm³/mol. The summed E-state index contributed by atoms with van der Waals surface area (Å²) in [5, 5.41) is 6.75. The van der Waals surface area contributed by atoms with Crippen molar-refractivity contribution in [3.63, 3.8) is 0 Å². The van der Waals surface area contributed by atoms with Crippen LogP contribution in [0.25, 0.3) is 0 Å². The molecule has 3 atom stereocenters. The minimum absolute atomic E-state index is 0.0367. The van der Waals surface area contributed by atoms with Gasteiger partial charge in [0.15, 0.2) is 0 Å². The van der Waals surface area contributed by atoms with Crippen LogP contribution in [0.15, 0.2) is 54.6 Å². The Morgan fingerprint density at radius 1 is 1.05 bits per heavy atom. The summed E-state index contributed by atoms with van der Waals surface area (Å²) in [6.45, 7) is 5.15. The van der Waals surface area contributed by atoms with Gasteiger partial charge in [-0.1, -0.05) is 35.3 Å². The molecule has 0 aliphatic carbocycles. The summed E-state index contributed by atoms with van der Waals surface area (Å²) in [7, 11) is 1.30. The first-order valence-electron chi connectivity index (χ1n) is 13.1. The van der Waals surface area contributed by atoms with E-state index in [1.165, 1.54) is 19.2 Å². The number of esters is 1. The molecule has 2 amide bonds. The van der Waals surface area contributed by atoms with E-state index in [1.54, 1.807) is 63.2 Å². The van der Waals surface area contributed by atoms with Crippen molar-refractivity contribution in [3.8, 4) is 5.75 Å². The van der Waals surface area contributed by atoms with Crippen molar-refractivity contribution in [2.75, 3.05) is 19.0 Å². The molecular formula is C31H29Cl2FN2O5. The van der Waals surface area contributed by atoms with Crippen molar-refractivity contribution >= 4 is 46.7 Å². The fraction of sp³-hybridized carbons (Fsp3) is 0.323. The number of aryl methyl sites for hydroxylation is 1. The number of nitrogens with one attached hydrogen (secondary N) is 2. The van der Waals surface area contributed by atoms with Crippen LogP contribution in [0.3, 0.4) is 0 Å². The molecule has 41 heavy (non-hydrogen) atoms. The van der Waals surface area contributed by atoms with E-state index in [4.69, 9.17) is 32.7 Å². The van der Waals surface area contributed by atoms with Gasteiger partial charge in [0, 0.05) is 33.6 Å². The number of rotatable bonds is 6. The summed E-state index contributed by atoms with van der Waals surface area (Å²) in [5.74, 6) is -2.09. The lowest BCUT2D eigenvalue weighted by atomic mass is 9.59.